The number of halogens is 1. The molecule has 0 radical (unpaired) electrons. The highest BCUT2D eigenvalue weighted by Gasteiger charge is 2.10. The highest BCUT2D eigenvalue weighted by molar-refractivity contribution is 7.80. The van der Waals surface area contributed by atoms with E-state index in [0.29, 0.717) is 5.56 Å². The Labute approximate surface area is 123 Å². The second-order valence-corrected chi connectivity index (χ2v) is 5.08. The summed E-state index contributed by atoms with van der Waals surface area (Å²) in [6.07, 6.45) is 0.910. The quantitative estimate of drug-likeness (QED) is 0.833. The molecule has 0 heterocycles. The fraction of sp³-hybridized carbons (Fsp3) is 0.188. The number of rotatable bonds is 4. The monoisotopic (exact) mass is 288 g/mol. The van der Waals surface area contributed by atoms with E-state index in [1.165, 1.54) is 17.7 Å². The van der Waals surface area contributed by atoms with Crippen LogP contribution in [0.3, 0.4) is 0 Å². The molecule has 0 spiro atoms. The fourth-order valence-corrected chi connectivity index (χ4v) is 2.33. The third-order valence-electron chi connectivity index (χ3n) is 3.25. The summed E-state index contributed by atoms with van der Waals surface area (Å²) in [7, 11) is 0. The highest BCUT2D eigenvalue weighted by Crippen LogP contribution is 2.27. The van der Waals surface area contributed by atoms with Gasteiger partial charge >= 0.3 is 0 Å². The van der Waals surface area contributed by atoms with E-state index in [2.05, 4.69) is 18.3 Å². The van der Waals surface area contributed by atoms with E-state index in [0.717, 1.165) is 23.4 Å². The SMILES string of the molecule is CCc1cccc(C)c1Nc1ccc(F)cc1C(N)=S. The Balaban J connectivity index is 2.48. The van der Waals surface area contributed by atoms with Gasteiger partial charge in [-0.15, -0.1) is 0 Å². The summed E-state index contributed by atoms with van der Waals surface area (Å²) in [4.78, 5) is 0.179. The van der Waals surface area contributed by atoms with E-state index in [1.807, 2.05) is 19.1 Å². The number of anilines is 2. The van der Waals surface area contributed by atoms with Gasteiger partial charge in [-0.05, 0) is 42.7 Å². The summed E-state index contributed by atoms with van der Waals surface area (Å²) < 4.78 is 13.3. The Hall–Kier alpha value is -1.94. The van der Waals surface area contributed by atoms with Gasteiger partial charge in [0.25, 0.3) is 0 Å². The van der Waals surface area contributed by atoms with Gasteiger partial charge in [-0.2, -0.15) is 0 Å². The lowest BCUT2D eigenvalue weighted by Gasteiger charge is -2.16. The number of nitrogens with two attached hydrogens (primary N) is 1. The second-order valence-electron chi connectivity index (χ2n) is 4.64. The molecule has 20 heavy (non-hydrogen) atoms. The van der Waals surface area contributed by atoms with Crippen molar-refractivity contribution in [1.29, 1.82) is 0 Å². The Morgan fingerprint density at radius 1 is 1.30 bits per heavy atom. The third-order valence-corrected chi connectivity index (χ3v) is 3.47. The van der Waals surface area contributed by atoms with Crippen molar-refractivity contribution in [2.45, 2.75) is 20.3 Å². The molecule has 104 valence electrons. The van der Waals surface area contributed by atoms with Gasteiger partial charge in [0.15, 0.2) is 0 Å². The van der Waals surface area contributed by atoms with E-state index >= 15 is 0 Å². The minimum Gasteiger partial charge on any atom is -0.389 e. The lowest BCUT2D eigenvalue weighted by Crippen LogP contribution is -2.13. The first kappa shape index (κ1) is 14.5. The van der Waals surface area contributed by atoms with Crippen molar-refractivity contribution in [3.8, 4) is 0 Å². The van der Waals surface area contributed by atoms with Crippen molar-refractivity contribution in [2.75, 3.05) is 5.32 Å². The maximum absolute atomic E-state index is 13.3. The van der Waals surface area contributed by atoms with Gasteiger partial charge < -0.3 is 11.1 Å². The number of hydrogen-bond acceptors (Lipinski definition) is 2. The molecule has 4 heteroatoms. The molecule has 0 saturated carbocycles. The number of benzene rings is 2. The van der Waals surface area contributed by atoms with E-state index in [4.69, 9.17) is 18.0 Å². The average molecular weight is 288 g/mol. The zero-order valence-corrected chi connectivity index (χ0v) is 12.4. The first-order valence-corrected chi connectivity index (χ1v) is 6.88. The van der Waals surface area contributed by atoms with Crippen molar-refractivity contribution >= 4 is 28.6 Å². The highest BCUT2D eigenvalue weighted by atomic mass is 32.1. The Morgan fingerprint density at radius 3 is 2.70 bits per heavy atom. The normalized spacial score (nSPS) is 10.3. The van der Waals surface area contributed by atoms with Gasteiger partial charge in [0, 0.05) is 16.9 Å². The van der Waals surface area contributed by atoms with Gasteiger partial charge in [-0.3, -0.25) is 0 Å². The second kappa shape index (κ2) is 6.01. The summed E-state index contributed by atoms with van der Waals surface area (Å²) in [5.41, 5.74) is 10.3. The minimum atomic E-state index is -0.348. The first-order chi connectivity index (χ1) is 9.52. The van der Waals surface area contributed by atoms with Crippen molar-refractivity contribution in [1.82, 2.24) is 0 Å². The summed E-state index contributed by atoms with van der Waals surface area (Å²) in [6.45, 7) is 4.13. The van der Waals surface area contributed by atoms with E-state index in [1.54, 1.807) is 6.07 Å². The number of aryl methyl sites for hydroxylation is 2. The van der Waals surface area contributed by atoms with Crippen LogP contribution >= 0.6 is 12.2 Å². The zero-order valence-electron chi connectivity index (χ0n) is 11.5. The van der Waals surface area contributed by atoms with E-state index in [9.17, 15) is 4.39 Å². The molecule has 0 aromatic heterocycles. The van der Waals surface area contributed by atoms with Crippen LogP contribution < -0.4 is 11.1 Å². The van der Waals surface area contributed by atoms with Crippen LogP contribution in [0.4, 0.5) is 15.8 Å². The first-order valence-electron chi connectivity index (χ1n) is 6.47. The van der Waals surface area contributed by atoms with Crippen LogP contribution in [0.15, 0.2) is 36.4 Å². The predicted molar refractivity (Wildman–Crippen MR) is 86.1 cm³/mol. The molecule has 0 bridgehead atoms. The van der Waals surface area contributed by atoms with Gasteiger partial charge in [-0.1, -0.05) is 37.3 Å². The fourth-order valence-electron chi connectivity index (χ4n) is 2.17. The summed E-state index contributed by atoms with van der Waals surface area (Å²) in [6, 6.07) is 10.5. The minimum absolute atomic E-state index is 0.179. The van der Waals surface area contributed by atoms with Crippen molar-refractivity contribution in [2.24, 2.45) is 5.73 Å². The summed E-state index contributed by atoms with van der Waals surface area (Å²) in [5, 5.41) is 3.33. The molecule has 2 nitrogen and oxygen atoms in total. The van der Waals surface area contributed by atoms with Crippen molar-refractivity contribution < 1.29 is 4.39 Å². The molecule has 0 aliphatic carbocycles. The van der Waals surface area contributed by atoms with Gasteiger partial charge in [0.2, 0.25) is 0 Å². The number of hydrogen-bond donors (Lipinski definition) is 2. The van der Waals surface area contributed by atoms with Gasteiger partial charge in [0.1, 0.15) is 10.8 Å². The van der Waals surface area contributed by atoms with Crippen LogP contribution in [0, 0.1) is 12.7 Å². The lowest BCUT2D eigenvalue weighted by molar-refractivity contribution is 0.628. The van der Waals surface area contributed by atoms with E-state index in [-0.39, 0.29) is 10.8 Å². The Bertz CT molecular complexity index is 653. The molecule has 3 N–H and O–H groups in total. The lowest BCUT2D eigenvalue weighted by atomic mass is 10.0. The number of nitrogens with one attached hydrogen (secondary N) is 1. The Kier molecular flexibility index (Phi) is 4.35. The molecule has 0 saturated heterocycles. The maximum atomic E-state index is 13.3. The third kappa shape index (κ3) is 2.96. The predicted octanol–water partition coefficient (Wildman–Crippen LogP) is 4.07. The maximum Gasteiger partial charge on any atom is 0.124 e. The van der Waals surface area contributed by atoms with Crippen LogP contribution in [0.5, 0.6) is 0 Å². The van der Waals surface area contributed by atoms with Crippen LogP contribution in [0.2, 0.25) is 0 Å². The molecular formula is C16H17FN2S. The molecule has 0 fully saturated rings. The summed E-state index contributed by atoms with van der Waals surface area (Å²) in [5.74, 6) is -0.348. The van der Waals surface area contributed by atoms with Crippen molar-refractivity contribution in [3.63, 3.8) is 0 Å². The van der Waals surface area contributed by atoms with Crippen LogP contribution in [0.25, 0.3) is 0 Å². The van der Waals surface area contributed by atoms with Crippen molar-refractivity contribution in [3.05, 3.63) is 58.9 Å². The largest absolute Gasteiger partial charge is 0.389 e. The molecule has 0 unspecified atom stereocenters. The molecular weight excluding hydrogens is 271 g/mol. The van der Waals surface area contributed by atoms with Crippen LogP contribution in [-0.2, 0) is 6.42 Å². The van der Waals surface area contributed by atoms with Gasteiger partial charge in [0.05, 0.1) is 0 Å². The van der Waals surface area contributed by atoms with Crippen LogP contribution in [0.1, 0.15) is 23.6 Å². The Morgan fingerprint density at radius 2 is 2.05 bits per heavy atom. The van der Waals surface area contributed by atoms with E-state index < -0.39 is 0 Å². The topological polar surface area (TPSA) is 38.0 Å². The molecule has 2 aromatic rings. The average Bonchev–Trinajstić information content (AvgIpc) is 2.42. The molecule has 2 rings (SSSR count). The summed E-state index contributed by atoms with van der Waals surface area (Å²) >= 11 is 4.99. The number of para-hydroxylation sites is 1. The van der Waals surface area contributed by atoms with Crippen LogP contribution in [-0.4, -0.2) is 4.99 Å². The zero-order chi connectivity index (χ0) is 14.7. The van der Waals surface area contributed by atoms with Gasteiger partial charge in [-0.25, -0.2) is 4.39 Å². The molecule has 0 aliphatic rings. The smallest absolute Gasteiger partial charge is 0.124 e. The standard InChI is InChI=1S/C16H17FN2S/c1-3-11-6-4-5-10(2)15(11)19-14-8-7-12(17)9-13(14)16(18)20/h4-9,19H,3H2,1-2H3,(H2,18,20). The number of thiocarbonyl (C=S) groups is 1. The molecule has 0 atom stereocenters. The molecule has 0 amide bonds. The molecule has 2 aromatic carbocycles. The molecule has 0 aliphatic heterocycles.